The quantitative estimate of drug-likeness (QED) is 0.850. The molecule has 5 heteroatoms. The summed E-state index contributed by atoms with van der Waals surface area (Å²) in [7, 11) is 0. The van der Waals surface area contributed by atoms with E-state index in [-0.39, 0.29) is 16.7 Å². The smallest absolute Gasteiger partial charge is 0.267 e. The Kier molecular flexibility index (Phi) is 3.90. The lowest BCUT2D eigenvalue weighted by Gasteiger charge is -2.34. The monoisotopic (exact) mass is 348 g/mol. The van der Waals surface area contributed by atoms with Crippen molar-refractivity contribution in [2.75, 3.05) is 0 Å². The Morgan fingerprint density at radius 2 is 1.85 bits per heavy atom. The second-order valence-electron chi connectivity index (χ2n) is 8.15. The van der Waals surface area contributed by atoms with E-state index < -0.39 is 0 Å². The molecule has 2 atom stereocenters. The minimum atomic E-state index is -0.263. The van der Waals surface area contributed by atoms with E-state index in [0.29, 0.717) is 17.3 Å². The van der Waals surface area contributed by atoms with Gasteiger partial charge in [0.2, 0.25) is 0 Å². The maximum atomic E-state index is 12.4. The summed E-state index contributed by atoms with van der Waals surface area (Å²) in [6, 6.07) is 9.71. The van der Waals surface area contributed by atoms with Gasteiger partial charge in [-0.1, -0.05) is 51.1 Å². The maximum absolute atomic E-state index is 12.4. The summed E-state index contributed by atoms with van der Waals surface area (Å²) < 4.78 is 0. The van der Waals surface area contributed by atoms with Crippen LogP contribution in [-0.4, -0.2) is 21.6 Å². The lowest BCUT2D eigenvalue weighted by molar-refractivity contribution is 0.0953. The van der Waals surface area contributed by atoms with Crippen LogP contribution in [0.4, 0.5) is 0 Å². The molecule has 2 bridgehead atoms. The molecular weight excluding hydrogens is 324 g/mol. The van der Waals surface area contributed by atoms with E-state index in [1.165, 1.54) is 6.42 Å². The third kappa shape index (κ3) is 2.54. The van der Waals surface area contributed by atoms with Crippen LogP contribution in [0.2, 0.25) is 0 Å². The van der Waals surface area contributed by atoms with Crippen LogP contribution < -0.4 is 5.43 Å². The van der Waals surface area contributed by atoms with Crippen molar-refractivity contribution in [3.63, 3.8) is 0 Å². The fourth-order valence-corrected chi connectivity index (χ4v) is 4.46. The second-order valence-corrected chi connectivity index (χ2v) is 8.15. The van der Waals surface area contributed by atoms with Gasteiger partial charge in [-0.2, -0.15) is 5.10 Å². The number of aromatic nitrogens is 2. The van der Waals surface area contributed by atoms with Gasteiger partial charge >= 0.3 is 0 Å². The Labute approximate surface area is 154 Å². The van der Waals surface area contributed by atoms with Gasteiger partial charge in [-0.15, -0.1) is 0 Å². The van der Waals surface area contributed by atoms with Crippen LogP contribution in [0.3, 0.4) is 0 Å². The Balaban J connectivity index is 1.48. The number of hydrogen-bond donors (Lipinski definition) is 1. The standard InChI is InChI=1S/C21H24N4O/c1-20(2)16-9-10-21(20,3)17(11-16)24-25-19(26)15-12-22-18(23-13-15)14-7-5-4-6-8-14/h4-8,12-13,16H,9-11H2,1-3H3,(H,25,26)/b24-17+. The van der Waals surface area contributed by atoms with E-state index in [0.717, 1.165) is 24.1 Å². The number of fused-ring (bicyclic) bond motifs is 2. The van der Waals surface area contributed by atoms with Crippen LogP contribution in [-0.2, 0) is 0 Å². The van der Waals surface area contributed by atoms with Gasteiger partial charge in [-0.25, -0.2) is 15.4 Å². The highest BCUT2D eigenvalue weighted by Gasteiger charge is 2.60. The van der Waals surface area contributed by atoms with Crippen molar-refractivity contribution in [3.8, 4) is 11.4 Å². The zero-order valence-electron chi connectivity index (χ0n) is 15.5. The molecule has 26 heavy (non-hydrogen) atoms. The van der Waals surface area contributed by atoms with Crippen molar-refractivity contribution in [1.29, 1.82) is 0 Å². The molecule has 1 amide bonds. The van der Waals surface area contributed by atoms with Gasteiger partial charge in [-0.05, 0) is 30.6 Å². The molecule has 5 nitrogen and oxygen atoms in total. The molecule has 2 saturated carbocycles. The molecule has 1 aromatic heterocycles. The van der Waals surface area contributed by atoms with Crippen LogP contribution in [0.1, 0.15) is 50.4 Å². The summed E-state index contributed by atoms with van der Waals surface area (Å²) in [5.41, 5.74) is 5.51. The molecule has 0 saturated heterocycles. The Morgan fingerprint density at radius 3 is 2.42 bits per heavy atom. The number of hydrogen-bond acceptors (Lipinski definition) is 4. The fraction of sp³-hybridized carbons (Fsp3) is 0.429. The molecule has 0 radical (unpaired) electrons. The molecule has 4 rings (SSSR count). The van der Waals surface area contributed by atoms with Crippen LogP contribution in [0.5, 0.6) is 0 Å². The predicted molar refractivity (Wildman–Crippen MR) is 102 cm³/mol. The number of benzene rings is 1. The highest BCUT2D eigenvalue weighted by molar-refractivity contribution is 5.98. The molecule has 2 aliphatic carbocycles. The molecule has 0 aliphatic heterocycles. The number of rotatable bonds is 3. The molecule has 0 spiro atoms. The van der Waals surface area contributed by atoms with Crippen LogP contribution in [0.25, 0.3) is 11.4 Å². The zero-order chi connectivity index (χ0) is 18.4. The lowest BCUT2D eigenvalue weighted by atomic mass is 9.70. The Bertz CT molecular complexity index is 857. The predicted octanol–water partition coefficient (Wildman–Crippen LogP) is 4.08. The van der Waals surface area contributed by atoms with Gasteiger partial charge in [0.15, 0.2) is 5.82 Å². The van der Waals surface area contributed by atoms with E-state index in [2.05, 4.69) is 41.3 Å². The van der Waals surface area contributed by atoms with Gasteiger partial charge in [0.25, 0.3) is 5.91 Å². The van der Waals surface area contributed by atoms with E-state index in [4.69, 9.17) is 0 Å². The molecular formula is C21H24N4O. The SMILES string of the molecule is CC12CCC(C/C1=N\NC(=O)c1cnc(-c3ccccc3)nc1)C2(C)C. The average molecular weight is 348 g/mol. The molecule has 2 fully saturated rings. The van der Waals surface area contributed by atoms with Crippen molar-refractivity contribution in [3.05, 3.63) is 48.3 Å². The molecule has 1 aromatic carbocycles. The number of nitrogens with one attached hydrogen (secondary N) is 1. The van der Waals surface area contributed by atoms with Gasteiger partial charge in [0, 0.05) is 29.1 Å². The topological polar surface area (TPSA) is 67.2 Å². The second kappa shape index (κ2) is 6.01. The van der Waals surface area contributed by atoms with Crippen LogP contribution in [0.15, 0.2) is 47.8 Å². The van der Waals surface area contributed by atoms with Gasteiger partial charge < -0.3 is 0 Å². The van der Waals surface area contributed by atoms with E-state index >= 15 is 0 Å². The highest BCUT2D eigenvalue weighted by atomic mass is 16.2. The first kappa shape index (κ1) is 16.9. The molecule has 134 valence electrons. The summed E-state index contributed by atoms with van der Waals surface area (Å²) in [5.74, 6) is 1.01. The van der Waals surface area contributed by atoms with Crippen molar-refractivity contribution >= 4 is 11.6 Å². The fourth-order valence-electron chi connectivity index (χ4n) is 4.46. The average Bonchev–Trinajstić information content (AvgIpc) is 3.00. The first-order valence-corrected chi connectivity index (χ1v) is 9.17. The molecule has 2 aliphatic rings. The maximum Gasteiger partial charge on any atom is 0.274 e. The number of nitrogens with zero attached hydrogens (tertiary/aromatic N) is 3. The summed E-state index contributed by atoms with van der Waals surface area (Å²) in [4.78, 5) is 21.0. The molecule has 2 unspecified atom stereocenters. The molecule has 1 N–H and O–H groups in total. The van der Waals surface area contributed by atoms with E-state index in [9.17, 15) is 4.79 Å². The van der Waals surface area contributed by atoms with E-state index in [1.54, 1.807) is 12.4 Å². The van der Waals surface area contributed by atoms with Crippen molar-refractivity contribution in [2.45, 2.75) is 40.0 Å². The first-order chi connectivity index (χ1) is 12.4. The van der Waals surface area contributed by atoms with Gasteiger partial charge in [-0.3, -0.25) is 4.79 Å². The molecule has 2 aromatic rings. The number of amides is 1. The number of hydrazone groups is 1. The number of carbonyl (C=O) groups is 1. The third-order valence-corrected chi connectivity index (χ3v) is 6.75. The van der Waals surface area contributed by atoms with Gasteiger partial charge in [0.1, 0.15) is 0 Å². The minimum absolute atomic E-state index is 0.0820. The number of carbonyl (C=O) groups excluding carboxylic acids is 1. The largest absolute Gasteiger partial charge is 0.274 e. The zero-order valence-corrected chi connectivity index (χ0v) is 15.5. The van der Waals surface area contributed by atoms with Gasteiger partial charge in [0.05, 0.1) is 5.56 Å². The first-order valence-electron chi connectivity index (χ1n) is 9.17. The Morgan fingerprint density at radius 1 is 1.15 bits per heavy atom. The van der Waals surface area contributed by atoms with E-state index in [1.807, 2.05) is 30.3 Å². The summed E-state index contributed by atoms with van der Waals surface area (Å²) in [5, 5.41) is 4.49. The van der Waals surface area contributed by atoms with Crippen molar-refractivity contribution in [2.24, 2.45) is 21.8 Å². The summed E-state index contributed by atoms with van der Waals surface area (Å²) >= 11 is 0. The minimum Gasteiger partial charge on any atom is -0.267 e. The van der Waals surface area contributed by atoms with Crippen LogP contribution in [0, 0.1) is 16.7 Å². The third-order valence-electron chi connectivity index (χ3n) is 6.75. The normalized spacial score (nSPS) is 27.7. The summed E-state index contributed by atoms with van der Waals surface area (Å²) in [6.07, 6.45) is 6.49. The molecule has 1 heterocycles. The highest BCUT2D eigenvalue weighted by Crippen LogP contribution is 2.63. The van der Waals surface area contributed by atoms with Crippen molar-refractivity contribution < 1.29 is 4.79 Å². The van der Waals surface area contributed by atoms with Crippen LogP contribution >= 0.6 is 0 Å². The lowest BCUT2D eigenvalue weighted by Crippen LogP contribution is -2.34. The van der Waals surface area contributed by atoms with Crippen molar-refractivity contribution in [1.82, 2.24) is 15.4 Å². The summed E-state index contributed by atoms with van der Waals surface area (Å²) in [6.45, 7) is 6.93. The Hall–Kier alpha value is -2.56.